The predicted molar refractivity (Wildman–Crippen MR) is 132 cm³/mol. The van der Waals surface area contributed by atoms with Crippen LogP contribution in [-0.2, 0) is 10.0 Å². The third-order valence-electron chi connectivity index (χ3n) is 5.84. The highest BCUT2D eigenvalue weighted by Gasteiger charge is 2.23. The second-order valence-electron chi connectivity index (χ2n) is 8.15. The van der Waals surface area contributed by atoms with Crippen molar-refractivity contribution in [3.05, 3.63) is 78.4 Å². The molecule has 3 heterocycles. The van der Waals surface area contributed by atoms with Gasteiger partial charge in [-0.1, -0.05) is 0 Å². The average molecular weight is 509 g/mol. The van der Waals surface area contributed by atoms with Gasteiger partial charge in [-0.2, -0.15) is 0 Å². The number of benzene rings is 2. The highest BCUT2D eigenvalue weighted by Crippen LogP contribution is 2.28. The van der Waals surface area contributed by atoms with Crippen molar-refractivity contribution in [2.24, 2.45) is 0 Å². The number of pyridine rings is 1. The number of carboxylic acid groups (broad SMARTS) is 1. The molecule has 2 aromatic heterocycles. The van der Waals surface area contributed by atoms with Crippen LogP contribution in [0.4, 0.5) is 21.8 Å². The summed E-state index contributed by atoms with van der Waals surface area (Å²) >= 11 is 0. The van der Waals surface area contributed by atoms with Crippen LogP contribution >= 0.6 is 0 Å². The Hall–Kier alpha value is -4.32. The number of nitrogens with one attached hydrogen (secondary N) is 1. The Balaban J connectivity index is 1.41. The van der Waals surface area contributed by atoms with Gasteiger partial charge in [0, 0.05) is 49.6 Å². The van der Waals surface area contributed by atoms with Gasteiger partial charge < -0.3 is 14.9 Å². The second kappa shape index (κ2) is 9.38. The Bertz CT molecular complexity index is 1530. The number of aromatic nitrogens is 3. The lowest BCUT2D eigenvalue weighted by molar-refractivity contribution is 0.0699. The predicted octanol–water partition coefficient (Wildman–Crippen LogP) is 2.99. The number of fused-ring (bicyclic) bond motifs is 1. The third kappa shape index (κ3) is 4.75. The topological polar surface area (TPSA) is 129 Å². The van der Waals surface area contributed by atoms with Crippen LogP contribution in [0.2, 0.25) is 0 Å². The molecule has 0 amide bonds. The fourth-order valence-electron chi connectivity index (χ4n) is 4.03. The molecule has 5 rings (SSSR count). The molecule has 0 bridgehead atoms. The maximum absolute atomic E-state index is 13.2. The summed E-state index contributed by atoms with van der Waals surface area (Å²) in [5.41, 5.74) is 0.593. The molecule has 0 unspecified atom stereocenters. The van der Waals surface area contributed by atoms with E-state index in [1.807, 2.05) is 4.90 Å². The molecule has 0 aliphatic carbocycles. The van der Waals surface area contributed by atoms with Crippen LogP contribution in [-0.4, -0.2) is 60.6 Å². The van der Waals surface area contributed by atoms with Crippen molar-refractivity contribution in [3.63, 3.8) is 0 Å². The van der Waals surface area contributed by atoms with Crippen LogP contribution in [0.25, 0.3) is 10.9 Å². The van der Waals surface area contributed by atoms with Crippen LogP contribution in [0.15, 0.2) is 71.9 Å². The quantitative estimate of drug-likeness (QED) is 0.404. The van der Waals surface area contributed by atoms with E-state index in [0.717, 1.165) is 24.3 Å². The lowest BCUT2D eigenvalue weighted by Crippen LogP contribution is -2.47. The van der Waals surface area contributed by atoms with Gasteiger partial charge in [-0.05, 0) is 54.6 Å². The van der Waals surface area contributed by atoms with Crippen molar-refractivity contribution in [3.8, 4) is 0 Å². The largest absolute Gasteiger partial charge is 0.478 e. The molecular formula is C24H21FN6O4S. The monoisotopic (exact) mass is 508 g/mol. The summed E-state index contributed by atoms with van der Waals surface area (Å²) in [5, 5.41) is 10.2. The minimum absolute atomic E-state index is 0.00616. The molecule has 10 nitrogen and oxygen atoms in total. The fraction of sp³-hybridized carbons (Fsp3) is 0.167. The van der Waals surface area contributed by atoms with Gasteiger partial charge in [-0.3, -0.25) is 4.72 Å². The molecule has 0 atom stereocenters. The zero-order valence-electron chi connectivity index (χ0n) is 18.9. The normalized spacial score (nSPS) is 14.1. The molecular weight excluding hydrogens is 487 g/mol. The van der Waals surface area contributed by atoms with Gasteiger partial charge in [-0.15, -0.1) is 0 Å². The first-order valence-corrected chi connectivity index (χ1v) is 12.5. The van der Waals surface area contributed by atoms with Crippen molar-refractivity contribution >= 4 is 44.3 Å². The van der Waals surface area contributed by atoms with E-state index in [4.69, 9.17) is 0 Å². The van der Waals surface area contributed by atoms with Gasteiger partial charge in [-0.25, -0.2) is 32.6 Å². The summed E-state index contributed by atoms with van der Waals surface area (Å²) in [6.07, 6.45) is 3.37. The van der Waals surface area contributed by atoms with Crippen molar-refractivity contribution in [1.82, 2.24) is 15.0 Å². The molecule has 0 radical (unpaired) electrons. The fourth-order valence-corrected chi connectivity index (χ4v) is 5.08. The van der Waals surface area contributed by atoms with Crippen LogP contribution in [0.3, 0.4) is 0 Å². The molecule has 0 saturated carbocycles. The number of carboxylic acids is 1. The van der Waals surface area contributed by atoms with Crippen molar-refractivity contribution in [2.45, 2.75) is 4.90 Å². The number of piperazine rings is 1. The number of anilines is 3. The first-order valence-electron chi connectivity index (χ1n) is 11.0. The lowest BCUT2D eigenvalue weighted by atomic mass is 10.1. The Morgan fingerprint density at radius 2 is 1.61 bits per heavy atom. The van der Waals surface area contributed by atoms with Crippen molar-refractivity contribution < 1.29 is 22.7 Å². The highest BCUT2D eigenvalue weighted by molar-refractivity contribution is 7.92. The number of hydrogen-bond donors (Lipinski definition) is 2. The molecule has 36 heavy (non-hydrogen) atoms. The summed E-state index contributed by atoms with van der Waals surface area (Å²) in [5.74, 6) is -0.542. The number of nitrogens with zero attached hydrogens (tertiary/aromatic N) is 5. The van der Waals surface area contributed by atoms with Gasteiger partial charge in [0.25, 0.3) is 10.0 Å². The van der Waals surface area contributed by atoms with E-state index < -0.39 is 21.8 Å². The van der Waals surface area contributed by atoms with E-state index in [0.29, 0.717) is 48.8 Å². The summed E-state index contributed by atoms with van der Waals surface area (Å²) in [6.45, 7) is 2.50. The van der Waals surface area contributed by atoms with Gasteiger partial charge in [0.1, 0.15) is 11.6 Å². The van der Waals surface area contributed by atoms with Gasteiger partial charge in [0.15, 0.2) is 0 Å². The minimum atomic E-state index is -3.99. The Morgan fingerprint density at radius 3 is 2.28 bits per heavy atom. The van der Waals surface area contributed by atoms with E-state index in [1.54, 1.807) is 24.5 Å². The number of hydrogen-bond acceptors (Lipinski definition) is 8. The molecule has 1 fully saturated rings. The van der Waals surface area contributed by atoms with E-state index in [2.05, 4.69) is 24.6 Å². The third-order valence-corrected chi connectivity index (χ3v) is 7.24. The molecule has 1 aliphatic heterocycles. The summed E-state index contributed by atoms with van der Waals surface area (Å²) in [7, 11) is -3.99. The minimum Gasteiger partial charge on any atom is -0.478 e. The van der Waals surface area contributed by atoms with Crippen LogP contribution < -0.4 is 14.5 Å². The number of sulfonamides is 1. The number of carbonyl (C=O) groups is 1. The molecule has 184 valence electrons. The molecule has 1 saturated heterocycles. The van der Waals surface area contributed by atoms with Gasteiger partial charge in [0.05, 0.1) is 16.0 Å². The SMILES string of the molecule is O=C(O)c1cc(N2CCN(c3ncccn3)CC2)nc2ccc(NS(=O)(=O)c3ccc(F)cc3)cc12. The molecule has 2 aromatic carbocycles. The van der Waals surface area contributed by atoms with Crippen molar-refractivity contribution in [2.75, 3.05) is 40.7 Å². The molecule has 4 aromatic rings. The molecule has 0 spiro atoms. The van der Waals surface area contributed by atoms with Gasteiger partial charge >= 0.3 is 5.97 Å². The maximum atomic E-state index is 13.2. The lowest BCUT2D eigenvalue weighted by Gasteiger charge is -2.35. The zero-order valence-corrected chi connectivity index (χ0v) is 19.7. The molecule has 2 N–H and O–H groups in total. The van der Waals surface area contributed by atoms with Crippen LogP contribution in [0.1, 0.15) is 10.4 Å². The average Bonchev–Trinajstić information content (AvgIpc) is 2.88. The van der Waals surface area contributed by atoms with E-state index in [9.17, 15) is 22.7 Å². The van der Waals surface area contributed by atoms with Crippen molar-refractivity contribution in [1.29, 1.82) is 0 Å². The molecule has 1 aliphatic rings. The summed E-state index contributed by atoms with van der Waals surface area (Å²) in [6, 6.07) is 12.2. The van der Waals surface area contributed by atoms with Gasteiger partial charge in [0.2, 0.25) is 5.95 Å². The maximum Gasteiger partial charge on any atom is 0.336 e. The van der Waals surface area contributed by atoms with E-state index >= 15 is 0 Å². The second-order valence-corrected chi connectivity index (χ2v) is 9.83. The Labute approximate surface area is 206 Å². The number of rotatable bonds is 6. The van der Waals surface area contributed by atoms with Crippen LogP contribution in [0.5, 0.6) is 0 Å². The highest BCUT2D eigenvalue weighted by atomic mass is 32.2. The summed E-state index contributed by atoms with van der Waals surface area (Å²) < 4.78 is 40.9. The van der Waals surface area contributed by atoms with E-state index in [-0.39, 0.29) is 16.1 Å². The Kier molecular flexibility index (Phi) is 6.10. The smallest absolute Gasteiger partial charge is 0.336 e. The first kappa shape index (κ1) is 23.4. The Morgan fingerprint density at radius 1 is 0.944 bits per heavy atom. The standard InChI is InChI=1S/C24H21FN6O4S/c25-16-2-5-18(6-3-16)36(34,35)29-17-4-7-21-19(14-17)20(23(32)33)15-22(28-21)30-10-12-31(13-11-30)24-26-8-1-9-27-24/h1-9,14-15,29H,10-13H2,(H,32,33). The number of aromatic carboxylic acids is 1. The first-order chi connectivity index (χ1) is 17.3. The number of halogens is 1. The summed E-state index contributed by atoms with van der Waals surface area (Å²) in [4.78, 5) is 29.2. The van der Waals surface area contributed by atoms with Crippen LogP contribution in [0, 0.1) is 5.82 Å². The van der Waals surface area contributed by atoms with E-state index in [1.165, 1.54) is 18.2 Å². The molecule has 12 heteroatoms. The zero-order chi connectivity index (χ0) is 25.3.